The lowest BCUT2D eigenvalue weighted by Crippen LogP contribution is -2.39. The summed E-state index contributed by atoms with van der Waals surface area (Å²) in [6.45, 7) is -0.00802. The number of azide groups is 1. The van der Waals surface area contributed by atoms with Crippen LogP contribution in [0.4, 0.5) is 4.79 Å². The first-order valence-corrected chi connectivity index (χ1v) is 5.78. The van der Waals surface area contributed by atoms with Crippen LogP contribution in [-0.2, 0) is 4.79 Å². The first-order chi connectivity index (χ1) is 8.11. The lowest BCUT2D eigenvalue weighted by molar-refractivity contribution is -0.130. The molecule has 0 bridgehead atoms. The average molecular weight is 261 g/mol. The number of carbonyl (C=O) groups excluding carboxylic acids is 1. The SMILES string of the molecule is [N-]=[N+]=NCC1CC(CCCCl)C(=O)N1C(=O)O. The Morgan fingerprint density at radius 2 is 2.41 bits per heavy atom. The summed E-state index contributed by atoms with van der Waals surface area (Å²) in [7, 11) is 0. The molecule has 0 aromatic heterocycles. The largest absolute Gasteiger partial charge is 0.465 e. The van der Waals surface area contributed by atoms with Gasteiger partial charge in [0.25, 0.3) is 0 Å². The van der Waals surface area contributed by atoms with E-state index >= 15 is 0 Å². The monoisotopic (exact) mass is 260 g/mol. The molecule has 0 aliphatic carbocycles. The van der Waals surface area contributed by atoms with Crippen LogP contribution in [0.2, 0.25) is 0 Å². The van der Waals surface area contributed by atoms with Crippen molar-refractivity contribution in [1.29, 1.82) is 0 Å². The molecule has 0 radical (unpaired) electrons. The standard InChI is InChI=1S/C9H13ClN4O3/c10-3-1-2-6-4-7(5-12-13-11)14(8(6)15)9(16)17/h6-7H,1-5H2,(H,16,17). The number of imide groups is 1. The molecular formula is C9H13ClN4O3. The van der Waals surface area contributed by atoms with E-state index in [1.165, 1.54) is 0 Å². The Morgan fingerprint density at radius 1 is 1.71 bits per heavy atom. The summed E-state index contributed by atoms with van der Waals surface area (Å²) in [5.74, 6) is -0.304. The first kappa shape index (κ1) is 13.6. The van der Waals surface area contributed by atoms with E-state index in [2.05, 4.69) is 10.0 Å². The smallest absolute Gasteiger partial charge is 0.414 e. The number of likely N-dealkylation sites (tertiary alicyclic amines) is 1. The van der Waals surface area contributed by atoms with Gasteiger partial charge in [0, 0.05) is 29.3 Å². The molecule has 1 heterocycles. The van der Waals surface area contributed by atoms with Gasteiger partial charge < -0.3 is 5.11 Å². The fraction of sp³-hybridized carbons (Fsp3) is 0.778. The number of hydrogen-bond donors (Lipinski definition) is 1. The summed E-state index contributed by atoms with van der Waals surface area (Å²) >= 11 is 5.54. The van der Waals surface area contributed by atoms with E-state index in [9.17, 15) is 9.59 Å². The van der Waals surface area contributed by atoms with Gasteiger partial charge >= 0.3 is 6.09 Å². The van der Waals surface area contributed by atoms with E-state index in [1.807, 2.05) is 0 Å². The van der Waals surface area contributed by atoms with Gasteiger partial charge in [0.15, 0.2) is 0 Å². The topological polar surface area (TPSA) is 106 Å². The number of hydrogen-bond acceptors (Lipinski definition) is 3. The summed E-state index contributed by atoms with van der Waals surface area (Å²) in [4.78, 5) is 26.1. The van der Waals surface area contributed by atoms with Gasteiger partial charge in [0.2, 0.25) is 5.91 Å². The summed E-state index contributed by atoms with van der Waals surface area (Å²) in [5, 5.41) is 12.3. The van der Waals surface area contributed by atoms with Crippen LogP contribution in [-0.4, -0.2) is 40.5 Å². The molecule has 0 saturated carbocycles. The molecule has 1 aliphatic rings. The van der Waals surface area contributed by atoms with Gasteiger partial charge in [-0.15, -0.1) is 11.6 Å². The molecule has 94 valence electrons. The average Bonchev–Trinajstić information content (AvgIpc) is 2.60. The van der Waals surface area contributed by atoms with E-state index in [0.717, 1.165) is 4.90 Å². The Balaban J connectivity index is 2.73. The van der Waals surface area contributed by atoms with Gasteiger partial charge in [-0.2, -0.15) is 0 Å². The van der Waals surface area contributed by atoms with Crippen LogP contribution in [0.25, 0.3) is 10.4 Å². The van der Waals surface area contributed by atoms with Gasteiger partial charge in [-0.05, 0) is 24.8 Å². The second kappa shape index (κ2) is 6.32. The zero-order valence-electron chi connectivity index (χ0n) is 9.12. The highest BCUT2D eigenvalue weighted by Gasteiger charge is 2.42. The highest BCUT2D eigenvalue weighted by Crippen LogP contribution is 2.28. The molecule has 1 aliphatic heterocycles. The molecule has 0 aromatic rings. The number of carbonyl (C=O) groups is 2. The highest BCUT2D eigenvalue weighted by atomic mass is 35.5. The third-order valence-electron chi connectivity index (χ3n) is 2.76. The Hall–Kier alpha value is -1.46. The van der Waals surface area contributed by atoms with Crippen molar-refractivity contribution >= 4 is 23.6 Å². The van der Waals surface area contributed by atoms with E-state index in [4.69, 9.17) is 22.2 Å². The van der Waals surface area contributed by atoms with Crippen LogP contribution in [0, 0.1) is 5.92 Å². The fourth-order valence-electron chi connectivity index (χ4n) is 2.01. The van der Waals surface area contributed by atoms with E-state index in [-0.39, 0.29) is 12.5 Å². The van der Waals surface area contributed by atoms with Crippen molar-refractivity contribution in [3.8, 4) is 0 Å². The second-order valence-corrected chi connectivity index (χ2v) is 4.20. The van der Waals surface area contributed by atoms with Crippen LogP contribution in [0.15, 0.2) is 5.11 Å². The Kier molecular flexibility index (Phi) is 5.06. The zero-order valence-corrected chi connectivity index (χ0v) is 9.88. The Labute approximate surface area is 103 Å². The predicted molar refractivity (Wildman–Crippen MR) is 60.7 cm³/mol. The molecule has 8 heteroatoms. The van der Waals surface area contributed by atoms with E-state index < -0.39 is 18.0 Å². The minimum Gasteiger partial charge on any atom is -0.465 e. The number of nitrogens with zero attached hydrogens (tertiary/aromatic N) is 4. The van der Waals surface area contributed by atoms with Crippen molar-refractivity contribution in [1.82, 2.24) is 4.90 Å². The number of amides is 2. The molecule has 7 nitrogen and oxygen atoms in total. The maximum absolute atomic E-state index is 11.8. The molecular weight excluding hydrogens is 248 g/mol. The van der Waals surface area contributed by atoms with Crippen LogP contribution >= 0.6 is 11.6 Å². The first-order valence-electron chi connectivity index (χ1n) is 5.24. The van der Waals surface area contributed by atoms with Crippen LogP contribution in [0.3, 0.4) is 0 Å². The van der Waals surface area contributed by atoms with Crippen LogP contribution in [0.5, 0.6) is 0 Å². The normalized spacial score (nSPS) is 23.6. The number of alkyl halides is 1. The van der Waals surface area contributed by atoms with Crippen molar-refractivity contribution in [2.45, 2.75) is 25.3 Å². The van der Waals surface area contributed by atoms with Crippen molar-refractivity contribution in [2.24, 2.45) is 11.0 Å². The van der Waals surface area contributed by atoms with Gasteiger partial charge in [-0.25, -0.2) is 9.69 Å². The number of rotatable bonds is 5. The van der Waals surface area contributed by atoms with Crippen LogP contribution in [0.1, 0.15) is 19.3 Å². The van der Waals surface area contributed by atoms with Crippen molar-refractivity contribution < 1.29 is 14.7 Å². The van der Waals surface area contributed by atoms with Gasteiger partial charge in [-0.1, -0.05) is 5.11 Å². The predicted octanol–water partition coefficient (Wildman–Crippen LogP) is 2.21. The molecule has 2 atom stereocenters. The molecule has 1 rings (SSSR count). The second-order valence-electron chi connectivity index (χ2n) is 3.82. The lowest BCUT2D eigenvalue weighted by Gasteiger charge is -2.17. The van der Waals surface area contributed by atoms with Gasteiger partial charge in [0.1, 0.15) is 0 Å². The Bertz CT molecular complexity index is 356. The maximum atomic E-state index is 11.8. The third-order valence-corrected chi connectivity index (χ3v) is 3.02. The molecule has 17 heavy (non-hydrogen) atoms. The minimum atomic E-state index is -1.29. The van der Waals surface area contributed by atoms with Crippen molar-refractivity contribution in [2.75, 3.05) is 12.4 Å². The molecule has 2 unspecified atom stereocenters. The molecule has 1 N–H and O–H groups in total. The third kappa shape index (κ3) is 3.25. The van der Waals surface area contributed by atoms with Gasteiger partial charge in [0.05, 0.1) is 0 Å². The quantitative estimate of drug-likeness (QED) is 0.354. The summed E-state index contributed by atoms with van der Waals surface area (Å²) in [6.07, 6.45) is 0.348. The number of halogens is 1. The maximum Gasteiger partial charge on any atom is 0.414 e. The fourth-order valence-corrected chi connectivity index (χ4v) is 2.17. The van der Waals surface area contributed by atoms with E-state index in [0.29, 0.717) is 25.1 Å². The number of carboxylic acid groups (broad SMARTS) is 1. The summed E-state index contributed by atoms with van der Waals surface area (Å²) in [5.41, 5.74) is 8.21. The Morgan fingerprint density at radius 3 is 2.94 bits per heavy atom. The molecule has 0 spiro atoms. The minimum absolute atomic E-state index is 0.00802. The molecule has 1 fully saturated rings. The molecule has 1 saturated heterocycles. The lowest BCUT2D eigenvalue weighted by atomic mass is 10.00. The molecule has 2 amide bonds. The van der Waals surface area contributed by atoms with Crippen molar-refractivity contribution in [3.63, 3.8) is 0 Å². The van der Waals surface area contributed by atoms with Crippen molar-refractivity contribution in [3.05, 3.63) is 10.4 Å². The van der Waals surface area contributed by atoms with Gasteiger partial charge in [-0.3, -0.25) is 4.79 Å². The van der Waals surface area contributed by atoms with E-state index in [1.54, 1.807) is 0 Å². The summed E-state index contributed by atoms with van der Waals surface area (Å²) < 4.78 is 0. The molecule has 0 aromatic carbocycles. The zero-order chi connectivity index (χ0) is 12.8. The highest BCUT2D eigenvalue weighted by molar-refractivity contribution is 6.17. The van der Waals surface area contributed by atoms with Crippen LogP contribution < -0.4 is 0 Å². The summed E-state index contributed by atoms with van der Waals surface area (Å²) in [6, 6.07) is -0.545.